The van der Waals surface area contributed by atoms with E-state index in [1.807, 2.05) is 0 Å². The number of hydrogen-bond acceptors (Lipinski definition) is 6. The molecule has 2 aromatic rings. The SMILES string of the molecule is Oc1c(F)cccc1-c1cc2c(nn1)NC[C@@]1(C(F)F)CNCCN21. The maximum Gasteiger partial charge on any atom is 0.264 e. The van der Waals surface area contributed by atoms with Crippen LogP contribution in [0.1, 0.15) is 0 Å². The number of piperazine rings is 1. The molecule has 132 valence electrons. The lowest BCUT2D eigenvalue weighted by Gasteiger charge is -2.51. The molecule has 1 atom stereocenters. The number of anilines is 2. The van der Waals surface area contributed by atoms with Crippen molar-refractivity contribution in [2.75, 3.05) is 36.4 Å². The van der Waals surface area contributed by atoms with Crippen LogP contribution in [-0.2, 0) is 0 Å². The fourth-order valence-corrected chi connectivity index (χ4v) is 3.41. The highest BCUT2D eigenvalue weighted by atomic mass is 19.3. The van der Waals surface area contributed by atoms with Crippen molar-refractivity contribution >= 4 is 11.5 Å². The number of hydrogen-bond donors (Lipinski definition) is 3. The number of nitrogens with one attached hydrogen (secondary N) is 2. The minimum Gasteiger partial charge on any atom is -0.504 e. The molecule has 0 radical (unpaired) electrons. The largest absolute Gasteiger partial charge is 0.504 e. The zero-order chi connectivity index (χ0) is 17.6. The van der Waals surface area contributed by atoms with Crippen LogP contribution in [0.2, 0.25) is 0 Å². The van der Waals surface area contributed by atoms with Gasteiger partial charge in [-0.3, -0.25) is 0 Å². The Morgan fingerprint density at radius 1 is 1.24 bits per heavy atom. The van der Waals surface area contributed by atoms with Crippen molar-refractivity contribution in [1.29, 1.82) is 0 Å². The van der Waals surface area contributed by atoms with Gasteiger partial charge in [0.05, 0.1) is 11.4 Å². The average Bonchev–Trinajstić information content (AvgIpc) is 2.63. The van der Waals surface area contributed by atoms with Crippen molar-refractivity contribution in [3.63, 3.8) is 0 Å². The first-order valence-electron chi connectivity index (χ1n) is 7.89. The topological polar surface area (TPSA) is 73.3 Å². The fraction of sp³-hybridized carbons (Fsp3) is 0.375. The van der Waals surface area contributed by atoms with Crippen LogP contribution < -0.4 is 15.5 Å². The van der Waals surface area contributed by atoms with E-state index in [4.69, 9.17) is 0 Å². The lowest BCUT2D eigenvalue weighted by Crippen LogP contribution is -2.70. The van der Waals surface area contributed by atoms with Gasteiger partial charge in [-0.1, -0.05) is 6.07 Å². The van der Waals surface area contributed by atoms with E-state index in [9.17, 15) is 18.3 Å². The minimum absolute atomic E-state index is 0.0455. The molecule has 6 nitrogen and oxygen atoms in total. The number of phenols is 1. The van der Waals surface area contributed by atoms with Gasteiger partial charge in [-0.05, 0) is 18.2 Å². The Labute approximate surface area is 141 Å². The number of alkyl halides is 2. The number of nitrogens with zero attached hydrogens (tertiary/aromatic N) is 3. The molecule has 0 aliphatic carbocycles. The van der Waals surface area contributed by atoms with E-state index in [-0.39, 0.29) is 24.3 Å². The van der Waals surface area contributed by atoms with Crippen LogP contribution in [0.3, 0.4) is 0 Å². The summed E-state index contributed by atoms with van der Waals surface area (Å²) < 4.78 is 41.3. The van der Waals surface area contributed by atoms with Crippen LogP contribution in [0.4, 0.5) is 24.7 Å². The van der Waals surface area contributed by atoms with Crippen molar-refractivity contribution in [3.8, 4) is 17.0 Å². The highest BCUT2D eigenvalue weighted by Gasteiger charge is 2.50. The zero-order valence-corrected chi connectivity index (χ0v) is 13.1. The van der Waals surface area contributed by atoms with Gasteiger partial charge >= 0.3 is 0 Å². The lowest BCUT2D eigenvalue weighted by atomic mass is 9.91. The molecule has 3 heterocycles. The molecule has 0 saturated carbocycles. The molecule has 1 saturated heterocycles. The van der Waals surface area contributed by atoms with E-state index < -0.39 is 23.5 Å². The Kier molecular flexibility index (Phi) is 3.68. The average molecular weight is 351 g/mol. The number of benzene rings is 1. The summed E-state index contributed by atoms with van der Waals surface area (Å²) in [5.74, 6) is -0.919. The highest BCUT2D eigenvalue weighted by molar-refractivity contribution is 5.77. The second-order valence-electron chi connectivity index (χ2n) is 6.19. The highest BCUT2D eigenvalue weighted by Crippen LogP contribution is 2.41. The quantitative estimate of drug-likeness (QED) is 0.767. The van der Waals surface area contributed by atoms with Crippen molar-refractivity contribution < 1.29 is 18.3 Å². The molecule has 1 aromatic carbocycles. The smallest absolute Gasteiger partial charge is 0.264 e. The molecule has 0 spiro atoms. The van der Waals surface area contributed by atoms with Gasteiger partial charge in [0.15, 0.2) is 17.4 Å². The van der Waals surface area contributed by atoms with Gasteiger partial charge in [-0.25, -0.2) is 13.2 Å². The third-order valence-corrected chi connectivity index (χ3v) is 4.78. The van der Waals surface area contributed by atoms with Crippen LogP contribution in [-0.4, -0.2) is 53.4 Å². The minimum atomic E-state index is -2.57. The van der Waals surface area contributed by atoms with Crippen LogP contribution in [0.25, 0.3) is 11.3 Å². The van der Waals surface area contributed by atoms with Gasteiger partial charge in [0, 0.05) is 31.7 Å². The molecule has 9 heteroatoms. The summed E-state index contributed by atoms with van der Waals surface area (Å²) in [6, 6.07) is 5.64. The van der Waals surface area contributed by atoms with Crippen LogP contribution in [0.5, 0.6) is 5.75 Å². The van der Waals surface area contributed by atoms with Gasteiger partial charge in [-0.15, -0.1) is 10.2 Å². The first-order chi connectivity index (χ1) is 12.0. The van der Waals surface area contributed by atoms with Gasteiger partial charge in [0.2, 0.25) is 0 Å². The third-order valence-electron chi connectivity index (χ3n) is 4.78. The van der Waals surface area contributed by atoms with Crippen molar-refractivity contribution in [2.45, 2.75) is 12.0 Å². The maximum atomic E-state index is 13.8. The molecular formula is C16H16F3N5O. The first-order valence-corrected chi connectivity index (χ1v) is 7.89. The fourth-order valence-electron chi connectivity index (χ4n) is 3.41. The number of aromatic hydroxyl groups is 1. The molecule has 3 N–H and O–H groups in total. The van der Waals surface area contributed by atoms with E-state index in [1.54, 1.807) is 11.0 Å². The summed E-state index contributed by atoms with van der Waals surface area (Å²) in [6.45, 7) is 1.14. The van der Waals surface area contributed by atoms with Crippen LogP contribution in [0.15, 0.2) is 24.3 Å². The number of aromatic nitrogens is 2. The molecule has 1 fully saturated rings. The summed E-state index contributed by atoms with van der Waals surface area (Å²) in [5.41, 5.74) is -0.517. The Morgan fingerprint density at radius 2 is 2.08 bits per heavy atom. The summed E-state index contributed by atoms with van der Waals surface area (Å²) in [7, 11) is 0. The van der Waals surface area contributed by atoms with Gasteiger partial charge in [0.1, 0.15) is 5.54 Å². The molecule has 0 unspecified atom stereocenters. The zero-order valence-electron chi connectivity index (χ0n) is 13.1. The normalized spacial score (nSPS) is 22.3. The van der Waals surface area contributed by atoms with E-state index in [0.717, 1.165) is 6.07 Å². The van der Waals surface area contributed by atoms with Crippen LogP contribution in [0, 0.1) is 5.82 Å². The standard InChI is InChI=1S/C16H16F3N5O/c17-10-3-1-2-9(13(10)25)11-6-12-14(23-22-11)21-8-16(15(18)19)7-20-4-5-24(12)16/h1-3,6,15,20,25H,4-5,7-8H2,(H,21,23)/t16-/m1/s1. The van der Waals surface area contributed by atoms with Gasteiger partial charge < -0.3 is 20.6 Å². The Balaban J connectivity index is 1.82. The Morgan fingerprint density at radius 3 is 2.88 bits per heavy atom. The number of fused-ring (bicyclic) bond motifs is 3. The molecule has 2 aliphatic heterocycles. The van der Waals surface area contributed by atoms with E-state index in [1.165, 1.54) is 12.1 Å². The molecule has 0 bridgehead atoms. The molecule has 25 heavy (non-hydrogen) atoms. The van der Waals surface area contributed by atoms with Gasteiger partial charge in [0.25, 0.3) is 6.43 Å². The molecule has 2 aliphatic rings. The Hall–Kier alpha value is -2.55. The molecule has 4 rings (SSSR count). The van der Waals surface area contributed by atoms with E-state index >= 15 is 0 Å². The number of rotatable bonds is 2. The summed E-state index contributed by atoms with van der Waals surface area (Å²) in [6.07, 6.45) is -2.57. The predicted octanol–water partition coefficient (Wildman–Crippen LogP) is 1.83. The predicted molar refractivity (Wildman–Crippen MR) is 86.5 cm³/mol. The Bertz CT molecular complexity index is 818. The summed E-state index contributed by atoms with van der Waals surface area (Å²) in [4.78, 5) is 1.63. The number of halogens is 3. The summed E-state index contributed by atoms with van der Waals surface area (Å²) in [5, 5.41) is 23.9. The van der Waals surface area contributed by atoms with E-state index in [2.05, 4.69) is 20.8 Å². The monoisotopic (exact) mass is 351 g/mol. The second-order valence-corrected chi connectivity index (χ2v) is 6.19. The maximum absolute atomic E-state index is 13.8. The van der Waals surface area contributed by atoms with Crippen molar-refractivity contribution in [2.24, 2.45) is 0 Å². The third kappa shape index (κ3) is 2.38. The van der Waals surface area contributed by atoms with Crippen LogP contribution >= 0.6 is 0 Å². The lowest BCUT2D eigenvalue weighted by molar-refractivity contribution is 0.0464. The second kappa shape index (κ2) is 5.76. The van der Waals surface area contributed by atoms with Gasteiger partial charge in [-0.2, -0.15) is 0 Å². The van der Waals surface area contributed by atoms with Crippen molar-refractivity contribution in [1.82, 2.24) is 15.5 Å². The summed E-state index contributed by atoms with van der Waals surface area (Å²) >= 11 is 0. The van der Waals surface area contributed by atoms with Crippen molar-refractivity contribution in [3.05, 3.63) is 30.1 Å². The first kappa shape index (κ1) is 15.9. The molecule has 0 amide bonds. The number of phenolic OH excluding ortho intramolecular Hbond substituents is 1. The van der Waals surface area contributed by atoms with E-state index in [0.29, 0.717) is 24.6 Å². The number of para-hydroxylation sites is 1. The molecular weight excluding hydrogens is 335 g/mol. The molecule has 1 aromatic heterocycles.